The Morgan fingerprint density at radius 3 is 1.67 bits per heavy atom. The summed E-state index contributed by atoms with van der Waals surface area (Å²) >= 11 is 0. The summed E-state index contributed by atoms with van der Waals surface area (Å²) in [6.07, 6.45) is 2.64. The van der Waals surface area contributed by atoms with Gasteiger partial charge in [0.05, 0.1) is 18.5 Å². The molecule has 1 radical (unpaired) electrons. The maximum Gasteiger partial charge on any atom is 0.305 e. The van der Waals surface area contributed by atoms with E-state index in [1.165, 1.54) is 0 Å². The van der Waals surface area contributed by atoms with Gasteiger partial charge in [-0.2, -0.15) is 0 Å². The first-order valence-corrected chi connectivity index (χ1v) is 19.0. The van der Waals surface area contributed by atoms with E-state index in [-0.39, 0.29) is 44.1 Å². The van der Waals surface area contributed by atoms with Gasteiger partial charge in [-0.25, -0.2) is 0 Å². The lowest BCUT2D eigenvalue weighted by atomic mass is 9.96. The van der Waals surface area contributed by atoms with Crippen LogP contribution in [-0.4, -0.2) is 108 Å². The molecule has 317 valence electrons. The van der Waals surface area contributed by atoms with E-state index in [9.17, 15) is 38.7 Å². The van der Waals surface area contributed by atoms with Crippen molar-refractivity contribution < 1.29 is 38.7 Å². The molecule has 0 heterocycles. The number of aliphatic carboxylic acids is 1. The molecular weight excluding hydrogens is 740 g/mol. The molecule has 1 aromatic carbocycles. The van der Waals surface area contributed by atoms with Crippen molar-refractivity contribution in [3.05, 3.63) is 35.9 Å². The lowest BCUT2D eigenvalue weighted by Crippen LogP contribution is -2.60. The summed E-state index contributed by atoms with van der Waals surface area (Å²) in [5.41, 5.74) is 17.4. The lowest BCUT2D eigenvalue weighted by molar-refractivity contribution is -0.142. The Morgan fingerprint density at radius 1 is 0.702 bits per heavy atom. The normalized spacial score (nSPS) is 15.0. The van der Waals surface area contributed by atoms with Gasteiger partial charge in [0.25, 0.3) is 0 Å². The third kappa shape index (κ3) is 19.1. The molecule has 5 amide bonds. The number of carboxylic acids is 1. The van der Waals surface area contributed by atoms with Crippen LogP contribution in [0.25, 0.3) is 0 Å². The average molecular weight is 802 g/mol. The number of hydrogen-bond acceptors (Lipinski definition) is 10. The standard InChI is InChI=1S/C37H61N12O8/c1-5-21(3)29(34(56)45-24(20-50)18-23-12-8-7-9-13-23)49-32(54)26(15-11-17-44-37(41)42)46-33(55)27(19-28(51)52)47-35(57)30(22(4)6-2)48-31(53)25(38)14-10-16-43-36(39)40/h7-9,12-13,21-22,24-27,29-30H,5-6,10-11,14-19,38H2,1-4H3,(H,45,56)(H,46,55)(H,47,57)(H,48,53)(H,49,54)(H,51,52)(H4,39,40,43)(H4,41,42,44)/t21-,22-,24-,25-,26-,27-,29-,30-/m0/s1. The number of amides is 5. The maximum atomic E-state index is 13.9. The van der Waals surface area contributed by atoms with Crippen molar-refractivity contribution in [2.75, 3.05) is 13.1 Å². The number of guanidine groups is 2. The lowest BCUT2D eigenvalue weighted by Gasteiger charge is -2.29. The Morgan fingerprint density at radius 2 is 1.18 bits per heavy atom. The number of carbonyl (C=O) groups excluding carboxylic acids is 6. The highest BCUT2D eigenvalue weighted by molar-refractivity contribution is 5.97. The van der Waals surface area contributed by atoms with Gasteiger partial charge in [-0.15, -0.1) is 0 Å². The second-order valence-electron chi connectivity index (χ2n) is 13.9. The highest BCUT2D eigenvalue weighted by Crippen LogP contribution is 2.13. The second-order valence-corrected chi connectivity index (χ2v) is 13.9. The van der Waals surface area contributed by atoms with Crippen molar-refractivity contribution in [3.8, 4) is 0 Å². The fraction of sp³-hybridized carbons (Fsp3) is 0.595. The maximum absolute atomic E-state index is 13.9. The van der Waals surface area contributed by atoms with E-state index >= 15 is 0 Å². The molecule has 8 atom stereocenters. The molecule has 57 heavy (non-hydrogen) atoms. The van der Waals surface area contributed by atoms with Gasteiger partial charge in [-0.05, 0) is 43.1 Å². The molecular formula is C37H61N12O8. The van der Waals surface area contributed by atoms with Gasteiger partial charge in [-0.3, -0.25) is 44.4 Å². The van der Waals surface area contributed by atoms with Gasteiger partial charge < -0.3 is 59.5 Å². The molecule has 0 aliphatic carbocycles. The predicted octanol–water partition coefficient (Wildman–Crippen LogP) is -1.82. The predicted molar refractivity (Wildman–Crippen MR) is 213 cm³/mol. The molecule has 20 nitrogen and oxygen atoms in total. The fourth-order valence-corrected chi connectivity index (χ4v) is 5.54. The molecule has 0 aliphatic rings. The number of carbonyl (C=O) groups is 6. The van der Waals surface area contributed by atoms with Crippen LogP contribution in [0.15, 0.2) is 30.3 Å². The van der Waals surface area contributed by atoms with E-state index in [4.69, 9.17) is 28.0 Å². The zero-order chi connectivity index (χ0) is 43.1. The minimum atomic E-state index is -1.70. The van der Waals surface area contributed by atoms with Crippen LogP contribution < -0.4 is 54.4 Å². The number of hydrogen-bond donors (Lipinski definition) is 13. The molecule has 0 fully saturated rings. The van der Waals surface area contributed by atoms with E-state index in [1.807, 2.05) is 12.4 Å². The summed E-state index contributed by atoms with van der Waals surface area (Å²) in [7, 11) is 0. The van der Waals surface area contributed by atoms with Crippen LogP contribution in [0.5, 0.6) is 0 Å². The van der Waals surface area contributed by atoms with Crippen LogP contribution in [0.2, 0.25) is 0 Å². The van der Waals surface area contributed by atoms with Gasteiger partial charge >= 0.3 is 5.97 Å². The van der Waals surface area contributed by atoms with Crippen molar-refractivity contribution in [3.63, 3.8) is 0 Å². The fourth-order valence-electron chi connectivity index (χ4n) is 5.54. The van der Waals surface area contributed by atoms with Crippen molar-refractivity contribution in [2.45, 2.75) is 115 Å². The smallest absolute Gasteiger partial charge is 0.305 e. The van der Waals surface area contributed by atoms with Crippen molar-refractivity contribution in [2.24, 2.45) is 29.0 Å². The largest absolute Gasteiger partial charge is 0.481 e. The molecule has 0 saturated carbocycles. The molecule has 1 aromatic rings. The summed E-state index contributed by atoms with van der Waals surface area (Å²) < 4.78 is 0. The van der Waals surface area contributed by atoms with Gasteiger partial charge in [-0.1, -0.05) is 70.9 Å². The summed E-state index contributed by atoms with van der Waals surface area (Å²) in [6, 6.07) is 1.46. The first-order chi connectivity index (χ1) is 26.9. The molecule has 0 saturated heterocycles. The Kier molecular flexibility index (Phi) is 22.6. The summed E-state index contributed by atoms with van der Waals surface area (Å²) in [5, 5.41) is 42.3. The summed E-state index contributed by atoms with van der Waals surface area (Å²) in [6.45, 7) is 7.38. The Labute approximate surface area is 333 Å². The molecule has 1 rings (SSSR count). The number of carboxylic acid groups (broad SMARTS) is 1. The third-order valence-corrected chi connectivity index (χ3v) is 9.30. The quantitative estimate of drug-likeness (QED) is 0.0265. The Bertz CT molecular complexity index is 1510. The van der Waals surface area contributed by atoms with E-state index in [2.05, 4.69) is 37.2 Å². The molecule has 0 aromatic heterocycles. The first-order valence-electron chi connectivity index (χ1n) is 19.0. The van der Waals surface area contributed by atoms with E-state index in [0.717, 1.165) is 5.56 Å². The second kappa shape index (κ2) is 26.1. The van der Waals surface area contributed by atoms with Crippen molar-refractivity contribution in [1.29, 1.82) is 10.8 Å². The molecule has 0 bridgehead atoms. The van der Waals surface area contributed by atoms with Gasteiger partial charge in [0, 0.05) is 19.5 Å². The van der Waals surface area contributed by atoms with Gasteiger partial charge in [0.2, 0.25) is 35.8 Å². The van der Waals surface area contributed by atoms with E-state index in [1.54, 1.807) is 52.0 Å². The van der Waals surface area contributed by atoms with E-state index in [0.29, 0.717) is 25.8 Å². The molecule has 20 heteroatoms. The van der Waals surface area contributed by atoms with E-state index < -0.39 is 90.0 Å². The number of rotatable bonds is 27. The summed E-state index contributed by atoms with van der Waals surface area (Å²) in [5.74, 6) is -6.95. The zero-order valence-electron chi connectivity index (χ0n) is 33.1. The SMILES string of the molecule is CC[C@H](C)[C@H](NC(=O)[C@H](CCCNC(=N)N)NC(=O)[C@H](CC(=O)O)NC(=O)[C@@H](NC(=O)[C@@H](N)CCCNC(=N)N)[C@@H](C)CC)C(=O)N[C@H]([C]=O)Cc1ccccc1. The van der Waals surface area contributed by atoms with Crippen LogP contribution >= 0.6 is 0 Å². The highest BCUT2D eigenvalue weighted by Gasteiger charge is 2.35. The van der Waals surface area contributed by atoms with Gasteiger partial charge in [0.1, 0.15) is 24.2 Å². The topological polar surface area (TPSA) is 350 Å². The number of nitrogens with one attached hydrogen (secondary N) is 9. The van der Waals surface area contributed by atoms with Gasteiger partial charge in [0.15, 0.2) is 11.9 Å². The summed E-state index contributed by atoms with van der Waals surface area (Å²) in [4.78, 5) is 91.4. The van der Waals surface area contributed by atoms with Crippen LogP contribution in [0.3, 0.4) is 0 Å². The molecule has 0 spiro atoms. The minimum Gasteiger partial charge on any atom is -0.481 e. The average Bonchev–Trinajstić information content (AvgIpc) is 3.16. The monoisotopic (exact) mass is 801 g/mol. The zero-order valence-corrected chi connectivity index (χ0v) is 33.1. The molecule has 0 unspecified atom stereocenters. The van der Waals surface area contributed by atoms with Crippen molar-refractivity contribution >= 4 is 53.7 Å². The first kappa shape index (κ1) is 49.2. The molecule has 16 N–H and O–H groups in total. The number of benzene rings is 1. The molecule has 0 aliphatic heterocycles. The number of nitrogens with two attached hydrogens (primary N) is 3. The third-order valence-electron chi connectivity index (χ3n) is 9.30. The Hall–Kier alpha value is -5.79. The van der Waals surface area contributed by atoms with Crippen LogP contribution in [0, 0.1) is 22.7 Å². The van der Waals surface area contributed by atoms with Crippen LogP contribution in [0.4, 0.5) is 0 Å². The minimum absolute atomic E-state index is 0.0649. The van der Waals surface area contributed by atoms with Crippen molar-refractivity contribution in [1.82, 2.24) is 37.2 Å². The highest BCUT2D eigenvalue weighted by atomic mass is 16.4. The van der Waals surface area contributed by atoms with Crippen LogP contribution in [-0.2, 0) is 40.0 Å². The van der Waals surface area contributed by atoms with Crippen LogP contribution in [0.1, 0.15) is 78.2 Å². The Balaban J connectivity index is 3.27.